The maximum atomic E-state index is 13.4. The van der Waals surface area contributed by atoms with E-state index in [0.717, 1.165) is 29.5 Å². The van der Waals surface area contributed by atoms with Crippen molar-refractivity contribution in [3.05, 3.63) is 89.2 Å². The van der Waals surface area contributed by atoms with E-state index in [4.69, 9.17) is 0 Å². The highest BCUT2D eigenvalue weighted by molar-refractivity contribution is 6.04. The standard InChI is InChI=1S/C24H20FNO2/c1-15-14-20(10-13-22(15)25)24(28)26-21-11-8-17(9-12-21)16-2-4-18(5-3-16)23(27)19-6-7-19/h2-5,8-14,19H,6-7H2,1H3,(H,26,28). The minimum Gasteiger partial charge on any atom is -0.322 e. The van der Waals surface area contributed by atoms with Crippen LogP contribution in [-0.2, 0) is 0 Å². The van der Waals surface area contributed by atoms with Crippen LogP contribution in [0.2, 0.25) is 0 Å². The third kappa shape index (κ3) is 3.86. The fourth-order valence-corrected chi connectivity index (χ4v) is 3.14. The minimum atomic E-state index is -0.328. The molecule has 0 unspecified atom stereocenters. The molecule has 1 saturated carbocycles. The van der Waals surface area contributed by atoms with E-state index >= 15 is 0 Å². The van der Waals surface area contributed by atoms with Gasteiger partial charge in [-0.3, -0.25) is 9.59 Å². The van der Waals surface area contributed by atoms with Crippen molar-refractivity contribution in [2.24, 2.45) is 5.92 Å². The predicted molar refractivity (Wildman–Crippen MR) is 108 cm³/mol. The van der Waals surface area contributed by atoms with E-state index in [0.29, 0.717) is 16.8 Å². The molecule has 0 heterocycles. The van der Waals surface area contributed by atoms with E-state index in [9.17, 15) is 14.0 Å². The Kier molecular flexibility index (Phi) is 4.78. The Morgan fingerprint density at radius 2 is 1.43 bits per heavy atom. The molecule has 1 fully saturated rings. The van der Waals surface area contributed by atoms with Gasteiger partial charge in [0.25, 0.3) is 5.91 Å². The van der Waals surface area contributed by atoms with Crippen LogP contribution < -0.4 is 5.32 Å². The zero-order chi connectivity index (χ0) is 19.7. The molecular weight excluding hydrogens is 353 g/mol. The molecule has 140 valence electrons. The summed E-state index contributed by atoms with van der Waals surface area (Å²) in [5.74, 6) is -0.149. The highest BCUT2D eigenvalue weighted by Gasteiger charge is 2.30. The summed E-state index contributed by atoms with van der Waals surface area (Å²) in [4.78, 5) is 24.4. The summed E-state index contributed by atoms with van der Waals surface area (Å²) in [5, 5.41) is 2.82. The lowest BCUT2D eigenvalue weighted by molar-refractivity contribution is 0.0966. The van der Waals surface area contributed by atoms with Crippen LogP contribution in [-0.4, -0.2) is 11.7 Å². The predicted octanol–water partition coefficient (Wildman–Crippen LogP) is 5.65. The van der Waals surface area contributed by atoms with Gasteiger partial charge in [0.15, 0.2) is 5.78 Å². The smallest absolute Gasteiger partial charge is 0.255 e. The molecule has 0 aliphatic heterocycles. The molecule has 4 heteroatoms. The number of amides is 1. The summed E-state index contributed by atoms with van der Waals surface area (Å²) in [6.45, 7) is 1.63. The first kappa shape index (κ1) is 18.1. The number of halogens is 1. The van der Waals surface area contributed by atoms with Crippen molar-refractivity contribution in [3.63, 3.8) is 0 Å². The second-order valence-corrected chi connectivity index (χ2v) is 7.21. The van der Waals surface area contributed by atoms with Gasteiger partial charge in [0, 0.05) is 22.7 Å². The van der Waals surface area contributed by atoms with Gasteiger partial charge in [0.1, 0.15) is 5.82 Å². The zero-order valence-electron chi connectivity index (χ0n) is 15.5. The first-order chi connectivity index (χ1) is 13.5. The summed E-state index contributed by atoms with van der Waals surface area (Å²) in [6, 6.07) is 19.4. The number of nitrogens with one attached hydrogen (secondary N) is 1. The lowest BCUT2D eigenvalue weighted by Gasteiger charge is -2.08. The maximum Gasteiger partial charge on any atom is 0.255 e. The number of ketones is 1. The van der Waals surface area contributed by atoms with E-state index in [1.807, 2.05) is 48.5 Å². The third-order valence-corrected chi connectivity index (χ3v) is 5.01. The van der Waals surface area contributed by atoms with Crippen molar-refractivity contribution < 1.29 is 14.0 Å². The topological polar surface area (TPSA) is 46.2 Å². The van der Waals surface area contributed by atoms with Gasteiger partial charge in [-0.25, -0.2) is 4.39 Å². The van der Waals surface area contributed by atoms with E-state index in [-0.39, 0.29) is 23.4 Å². The van der Waals surface area contributed by atoms with Crippen molar-refractivity contribution >= 4 is 17.4 Å². The number of anilines is 1. The molecule has 0 aromatic heterocycles. The van der Waals surface area contributed by atoms with Crippen LogP contribution in [0.5, 0.6) is 0 Å². The second kappa shape index (κ2) is 7.39. The van der Waals surface area contributed by atoms with Crippen molar-refractivity contribution in [1.29, 1.82) is 0 Å². The fraction of sp³-hybridized carbons (Fsp3) is 0.167. The van der Waals surface area contributed by atoms with Crippen molar-refractivity contribution in [3.8, 4) is 11.1 Å². The first-order valence-corrected chi connectivity index (χ1v) is 9.33. The average Bonchev–Trinajstić information content (AvgIpc) is 3.55. The number of carbonyl (C=O) groups excluding carboxylic acids is 2. The molecule has 0 bridgehead atoms. The van der Waals surface area contributed by atoms with Crippen molar-refractivity contribution in [2.45, 2.75) is 19.8 Å². The van der Waals surface area contributed by atoms with E-state index < -0.39 is 0 Å². The molecule has 3 aromatic carbocycles. The number of rotatable bonds is 5. The molecule has 1 amide bonds. The van der Waals surface area contributed by atoms with Crippen LogP contribution in [0.15, 0.2) is 66.7 Å². The van der Waals surface area contributed by atoms with Crippen molar-refractivity contribution in [1.82, 2.24) is 0 Å². The average molecular weight is 373 g/mol. The number of aryl methyl sites for hydroxylation is 1. The van der Waals surface area contributed by atoms with Gasteiger partial charge in [-0.05, 0) is 66.8 Å². The largest absolute Gasteiger partial charge is 0.322 e. The number of hydrogen-bond donors (Lipinski definition) is 1. The number of carbonyl (C=O) groups is 2. The molecule has 0 saturated heterocycles. The van der Waals surface area contributed by atoms with E-state index in [1.54, 1.807) is 6.92 Å². The molecule has 1 aliphatic carbocycles. The normalized spacial score (nSPS) is 13.2. The quantitative estimate of drug-likeness (QED) is 0.588. The van der Waals surface area contributed by atoms with Crippen LogP contribution in [0.25, 0.3) is 11.1 Å². The number of benzene rings is 3. The molecular formula is C24H20FNO2. The summed E-state index contributed by atoms with van der Waals surface area (Å²) < 4.78 is 13.4. The number of hydrogen-bond acceptors (Lipinski definition) is 2. The van der Waals surface area contributed by atoms with Gasteiger partial charge in [-0.1, -0.05) is 36.4 Å². The Hall–Kier alpha value is -3.27. The monoisotopic (exact) mass is 373 g/mol. The van der Waals surface area contributed by atoms with Crippen LogP contribution in [0.3, 0.4) is 0 Å². The summed E-state index contributed by atoms with van der Waals surface area (Å²) in [6.07, 6.45) is 2.01. The summed E-state index contributed by atoms with van der Waals surface area (Å²) in [7, 11) is 0. The molecule has 1 aliphatic rings. The molecule has 4 rings (SSSR count). The maximum absolute atomic E-state index is 13.4. The molecule has 0 atom stereocenters. The minimum absolute atomic E-state index is 0.221. The van der Waals surface area contributed by atoms with Gasteiger partial charge in [0.2, 0.25) is 0 Å². The molecule has 3 aromatic rings. The van der Waals surface area contributed by atoms with Gasteiger partial charge < -0.3 is 5.32 Å². The van der Waals surface area contributed by atoms with E-state index in [1.165, 1.54) is 18.2 Å². The van der Waals surface area contributed by atoms with E-state index in [2.05, 4.69) is 5.32 Å². The van der Waals surface area contributed by atoms with Crippen LogP contribution in [0.4, 0.5) is 10.1 Å². The highest BCUT2D eigenvalue weighted by Crippen LogP contribution is 2.33. The molecule has 0 spiro atoms. The molecule has 1 N–H and O–H groups in total. The highest BCUT2D eigenvalue weighted by atomic mass is 19.1. The van der Waals surface area contributed by atoms with Crippen LogP contribution >= 0.6 is 0 Å². The fourth-order valence-electron chi connectivity index (χ4n) is 3.14. The number of Topliss-reactive ketones (excluding diaryl/α,β-unsaturated/α-hetero) is 1. The Bertz CT molecular complexity index is 1040. The van der Waals surface area contributed by atoms with Gasteiger partial charge in [0.05, 0.1) is 0 Å². The Balaban J connectivity index is 1.45. The third-order valence-electron chi connectivity index (χ3n) is 5.01. The lowest BCUT2D eigenvalue weighted by Crippen LogP contribution is -2.12. The Morgan fingerprint density at radius 3 is 2.00 bits per heavy atom. The van der Waals surface area contributed by atoms with Gasteiger partial charge in [-0.15, -0.1) is 0 Å². The van der Waals surface area contributed by atoms with Gasteiger partial charge in [-0.2, -0.15) is 0 Å². The van der Waals surface area contributed by atoms with Crippen LogP contribution in [0.1, 0.15) is 39.1 Å². The summed E-state index contributed by atoms with van der Waals surface area (Å²) >= 11 is 0. The van der Waals surface area contributed by atoms with Crippen LogP contribution in [0, 0.1) is 18.7 Å². The second-order valence-electron chi connectivity index (χ2n) is 7.21. The summed E-state index contributed by atoms with van der Waals surface area (Å²) in [5.41, 5.74) is 4.30. The Morgan fingerprint density at radius 1 is 0.857 bits per heavy atom. The molecule has 28 heavy (non-hydrogen) atoms. The lowest BCUT2D eigenvalue weighted by atomic mass is 10.0. The van der Waals surface area contributed by atoms with Crippen molar-refractivity contribution in [2.75, 3.05) is 5.32 Å². The van der Waals surface area contributed by atoms with Gasteiger partial charge >= 0.3 is 0 Å². The molecule has 0 radical (unpaired) electrons. The zero-order valence-corrected chi connectivity index (χ0v) is 15.5. The first-order valence-electron chi connectivity index (χ1n) is 9.33. The molecule has 3 nitrogen and oxygen atoms in total. The SMILES string of the molecule is Cc1cc(C(=O)Nc2ccc(-c3ccc(C(=O)C4CC4)cc3)cc2)ccc1F. The Labute approximate surface area is 163 Å².